The average molecular weight is 354 g/mol. The number of aryl methyl sites for hydroxylation is 1. The van der Waals surface area contributed by atoms with Crippen LogP contribution in [0.1, 0.15) is 29.7 Å². The third-order valence-electron chi connectivity index (χ3n) is 4.80. The third-order valence-corrected chi connectivity index (χ3v) is 4.80. The molecule has 3 aromatic rings. The van der Waals surface area contributed by atoms with Crippen LogP contribution >= 0.6 is 0 Å². The largest absolute Gasteiger partial charge is 0.385 e. The second kappa shape index (κ2) is 7.19. The average Bonchev–Trinajstić information content (AvgIpc) is 3.13. The maximum Gasteiger partial charge on any atom is 0.121 e. The molecule has 0 saturated carbocycles. The first-order valence-corrected chi connectivity index (χ1v) is 9.14. The molecule has 2 aromatic heterocycles. The number of fused-ring (bicyclic) bond motifs is 2. The Morgan fingerprint density at radius 3 is 2.92 bits per heavy atom. The summed E-state index contributed by atoms with van der Waals surface area (Å²) in [7, 11) is 3.92. The molecule has 1 unspecified atom stereocenters. The second-order valence-corrected chi connectivity index (χ2v) is 7.33. The van der Waals surface area contributed by atoms with Gasteiger partial charge in [-0.3, -0.25) is 9.58 Å². The van der Waals surface area contributed by atoms with E-state index in [9.17, 15) is 5.11 Å². The molecule has 2 N–H and O–H groups in total. The van der Waals surface area contributed by atoms with Gasteiger partial charge in [-0.1, -0.05) is 12.1 Å². The van der Waals surface area contributed by atoms with Gasteiger partial charge in [-0.05, 0) is 38.7 Å². The van der Waals surface area contributed by atoms with E-state index in [0.29, 0.717) is 6.54 Å². The van der Waals surface area contributed by atoms with Crippen molar-refractivity contribution in [3.05, 3.63) is 47.5 Å². The van der Waals surface area contributed by atoms with Crippen LogP contribution in [-0.4, -0.2) is 61.8 Å². The summed E-state index contributed by atoms with van der Waals surface area (Å²) in [4.78, 5) is 12.5. The molecule has 26 heavy (non-hydrogen) atoms. The van der Waals surface area contributed by atoms with Crippen molar-refractivity contribution < 1.29 is 5.11 Å². The normalized spacial score (nSPS) is 16.8. The molecule has 0 aliphatic carbocycles. The van der Waals surface area contributed by atoms with Crippen molar-refractivity contribution in [3.8, 4) is 0 Å². The molecule has 1 aliphatic rings. The Morgan fingerprint density at radius 2 is 2.12 bits per heavy atom. The van der Waals surface area contributed by atoms with Crippen LogP contribution in [0.15, 0.2) is 30.3 Å². The molecule has 0 spiro atoms. The predicted molar refractivity (Wildman–Crippen MR) is 101 cm³/mol. The van der Waals surface area contributed by atoms with E-state index in [4.69, 9.17) is 4.98 Å². The Hall–Kier alpha value is -2.22. The lowest BCUT2D eigenvalue weighted by Gasteiger charge is -2.18. The van der Waals surface area contributed by atoms with Gasteiger partial charge in [-0.2, -0.15) is 5.10 Å². The molecule has 0 saturated heterocycles. The Balaban J connectivity index is 1.49. The van der Waals surface area contributed by atoms with Gasteiger partial charge in [0.25, 0.3) is 0 Å². The van der Waals surface area contributed by atoms with Gasteiger partial charge in [0.2, 0.25) is 0 Å². The van der Waals surface area contributed by atoms with Crippen molar-refractivity contribution in [2.24, 2.45) is 0 Å². The summed E-state index contributed by atoms with van der Waals surface area (Å²) in [5, 5.41) is 15.0. The van der Waals surface area contributed by atoms with Crippen LogP contribution in [0.3, 0.4) is 0 Å². The number of rotatable bonds is 5. The van der Waals surface area contributed by atoms with Crippen molar-refractivity contribution in [2.75, 3.05) is 27.2 Å². The minimum atomic E-state index is -0.548. The van der Waals surface area contributed by atoms with Crippen molar-refractivity contribution in [2.45, 2.75) is 32.2 Å². The Bertz CT molecular complexity index is 850. The topological polar surface area (TPSA) is 73.2 Å². The molecule has 1 atom stereocenters. The van der Waals surface area contributed by atoms with Crippen LogP contribution in [0.2, 0.25) is 0 Å². The number of aliphatic hydroxyl groups is 1. The van der Waals surface area contributed by atoms with Gasteiger partial charge in [0.05, 0.1) is 29.0 Å². The number of para-hydroxylation sites is 2. The fraction of sp³-hybridized carbons (Fsp3) is 0.474. The van der Waals surface area contributed by atoms with E-state index in [-0.39, 0.29) is 0 Å². The molecule has 3 heterocycles. The smallest absolute Gasteiger partial charge is 0.121 e. The van der Waals surface area contributed by atoms with E-state index in [0.717, 1.165) is 60.8 Å². The summed E-state index contributed by atoms with van der Waals surface area (Å²) in [6.07, 6.45) is 0.492. The van der Waals surface area contributed by atoms with E-state index in [1.54, 1.807) is 0 Å². The summed E-state index contributed by atoms with van der Waals surface area (Å²) in [5.74, 6) is 0.993. The lowest BCUT2D eigenvalue weighted by molar-refractivity contribution is 0.133. The van der Waals surface area contributed by atoms with Crippen LogP contribution in [0.25, 0.3) is 11.0 Å². The minimum Gasteiger partial charge on any atom is -0.385 e. The van der Waals surface area contributed by atoms with Gasteiger partial charge in [0.15, 0.2) is 0 Å². The number of nitrogens with zero attached hydrogens (tertiary/aromatic N) is 5. The van der Waals surface area contributed by atoms with Crippen LogP contribution < -0.4 is 0 Å². The summed E-state index contributed by atoms with van der Waals surface area (Å²) in [6, 6.07) is 10.2. The van der Waals surface area contributed by atoms with Gasteiger partial charge in [-0.15, -0.1) is 0 Å². The molecular weight excluding hydrogens is 328 g/mol. The number of imidazole rings is 1. The molecule has 4 rings (SSSR count). The first kappa shape index (κ1) is 17.2. The van der Waals surface area contributed by atoms with Gasteiger partial charge < -0.3 is 15.0 Å². The number of hydrogen-bond acceptors (Lipinski definition) is 5. The molecule has 7 nitrogen and oxygen atoms in total. The lowest BCUT2D eigenvalue weighted by atomic mass is 10.2. The van der Waals surface area contributed by atoms with Crippen molar-refractivity contribution in [1.29, 1.82) is 0 Å². The van der Waals surface area contributed by atoms with Gasteiger partial charge >= 0.3 is 0 Å². The molecular formula is C19H26N6O. The first-order valence-electron chi connectivity index (χ1n) is 9.14. The Morgan fingerprint density at radius 1 is 1.27 bits per heavy atom. The number of benzene rings is 1. The number of aliphatic hydroxyl groups excluding tert-OH is 1. The highest BCUT2D eigenvalue weighted by Gasteiger charge is 2.20. The Labute approximate surface area is 153 Å². The van der Waals surface area contributed by atoms with Crippen molar-refractivity contribution >= 4 is 11.0 Å². The summed E-state index contributed by atoms with van der Waals surface area (Å²) < 4.78 is 2.05. The number of aromatic nitrogens is 4. The standard InChI is InChI=1S/C19H26N6O/c1-23(2)12-18(26)17-10-14-11-24(8-5-9-25(14)22-17)13-19-20-15-6-3-4-7-16(15)21-19/h3-4,6-7,10,18,26H,5,8-9,11-13H2,1-2H3,(H,20,21). The quantitative estimate of drug-likeness (QED) is 0.730. The molecule has 0 fully saturated rings. The van der Waals surface area contributed by atoms with Gasteiger partial charge in [0, 0.05) is 26.2 Å². The second-order valence-electron chi connectivity index (χ2n) is 7.33. The van der Waals surface area contributed by atoms with Crippen LogP contribution in [0.5, 0.6) is 0 Å². The molecule has 1 aromatic carbocycles. The fourth-order valence-corrected chi connectivity index (χ4v) is 3.58. The Kier molecular flexibility index (Phi) is 4.76. The summed E-state index contributed by atoms with van der Waals surface area (Å²) >= 11 is 0. The zero-order valence-electron chi connectivity index (χ0n) is 15.4. The zero-order chi connectivity index (χ0) is 18.1. The molecule has 0 radical (unpaired) electrons. The molecule has 1 aliphatic heterocycles. The number of nitrogens with one attached hydrogen (secondary N) is 1. The number of likely N-dealkylation sites (N-methyl/N-ethyl adjacent to an activating group) is 1. The predicted octanol–water partition coefficient (Wildman–Crippen LogP) is 1.76. The third kappa shape index (κ3) is 3.65. The maximum atomic E-state index is 10.3. The number of aromatic amines is 1. The highest BCUT2D eigenvalue weighted by Crippen LogP contribution is 2.20. The van der Waals surface area contributed by atoms with E-state index in [1.165, 1.54) is 0 Å². The number of hydrogen-bond donors (Lipinski definition) is 2. The minimum absolute atomic E-state index is 0.548. The van der Waals surface area contributed by atoms with Crippen LogP contribution in [-0.2, 0) is 19.6 Å². The zero-order valence-corrected chi connectivity index (χ0v) is 15.4. The highest BCUT2D eigenvalue weighted by atomic mass is 16.3. The highest BCUT2D eigenvalue weighted by molar-refractivity contribution is 5.74. The monoisotopic (exact) mass is 354 g/mol. The van der Waals surface area contributed by atoms with E-state index < -0.39 is 6.10 Å². The van der Waals surface area contributed by atoms with E-state index in [2.05, 4.69) is 21.0 Å². The van der Waals surface area contributed by atoms with Crippen LogP contribution in [0, 0.1) is 0 Å². The lowest BCUT2D eigenvalue weighted by Crippen LogP contribution is -2.23. The summed E-state index contributed by atoms with van der Waals surface area (Å²) in [5.41, 5.74) is 4.01. The molecule has 0 amide bonds. The molecule has 0 bridgehead atoms. The van der Waals surface area contributed by atoms with E-state index in [1.807, 2.05) is 47.9 Å². The SMILES string of the molecule is CN(C)CC(O)c1cc2n(n1)CCCN(Cc1nc3ccccc3[nH]1)C2. The van der Waals surface area contributed by atoms with Crippen molar-refractivity contribution in [3.63, 3.8) is 0 Å². The molecule has 7 heteroatoms. The van der Waals surface area contributed by atoms with Crippen molar-refractivity contribution in [1.82, 2.24) is 29.5 Å². The molecule has 138 valence electrons. The van der Waals surface area contributed by atoms with E-state index >= 15 is 0 Å². The van der Waals surface area contributed by atoms with Crippen LogP contribution in [0.4, 0.5) is 0 Å². The van der Waals surface area contributed by atoms with Gasteiger partial charge in [0.1, 0.15) is 11.9 Å². The summed E-state index contributed by atoms with van der Waals surface area (Å²) in [6.45, 7) is 4.09. The maximum absolute atomic E-state index is 10.3. The number of H-pyrrole nitrogens is 1. The fourth-order valence-electron chi connectivity index (χ4n) is 3.58. The van der Waals surface area contributed by atoms with Gasteiger partial charge in [-0.25, -0.2) is 4.98 Å². The first-order chi connectivity index (χ1) is 12.6.